The molecule has 2 heteroatoms. The molecule has 0 aliphatic heterocycles. The maximum atomic E-state index is 3.98. The molecule has 1 rings (SSSR count). The third kappa shape index (κ3) is 0.689. The monoisotopic (exact) mass is 108 g/mol. The molecule has 0 unspecified atom stereocenters. The molecule has 0 saturated heterocycles. The minimum absolute atomic E-state index is 0.972. The molecule has 0 fully saturated rings. The van der Waals surface area contributed by atoms with Crippen LogP contribution in [0.4, 0.5) is 0 Å². The molecule has 8 heavy (non-hydrogen) atoms. The largest absolute Gasteiger partial charge is 0.244 e. The van der Waals surface area contributed by atoms with Crippen molar-refractivity contribution >= 4 is 0 Å². The van der Waals surface area contributed by atoms with Gasteiger partial charge in [0.2, 0.25) is 5.82 Å². The van der Waals surface area contributed by atoms with Crippen LogP contribution in [0, 0.1) is 20.4 Å². The lowest BCUT2D eigenvalue weighted by atomic mass is 10.6. The van der Waals surface area contributed by atoms with Crippen molar-refractivity contribution in [1.82, 2.24) is 9.55 Å². The van der Waals surface area contributed by atoms with E-state index in [0.717, 1.165) is 5.82 Å². The summed E-state index contributed by atoms with van der Waals surface area (Å²) in [5.41, 5.74) is 0. The molecule has 42 valence electrons. The Kier molecular flexibility index (Phi) is 1.24. The molecule has 0 radical (unpaired) electrons. The van der Waals surface area contributed by atoms with Gasteiger partial charge in [0.05, 0.1) is 0 Å². The minimum Gasteiger partial charge on any atom is -0.244 e. The van der Waals surface area contributed by atoms with Crippen LogP contribution in [0.2, 0.25) is 0 Å². The van der Waals surface area contributed by atoms with E-state index in [1.807, 2.05) is 17.7 Å². The van der Waals surface area contributed by atoms with Gasteiger partial charge in [0.15, 0.2) is 0 Å². The lowest BCUT2D eigenvalue weighted by molar-refractivity contribution is 0.926. The predicted molar refractivity (Wildman–Crippen MR) is 32.0 cm³/mol. The second kappa shape index (κ2) is 1.90. The van der Waals surface area contributed by atoms with E-state index >= 15 is 0 Å². The van der Waals surface area contributed by atoms with Gasteiger partial charge in [-0.25, -0.2) is 6.92 Å². The van der Waals surface area contributed by atoms with Crippen LogP contribution in [0.15, 0.2) is 12.4 Å². The number of hydrogen-bond donors (Lipinski definition) is 0. The highest BCUT2D eigenvalue weighted by Crippen LogP contribution is 1.93. The first-order valence-electron chi connectivity index (χ1n) is 2.46. The Morgan fingerprint density at radius 2 is 2.62 bits per heavy atom. The van der Waals surface area contributed by atoms with Crippen LogP contribution >= 0.6 is 0 Å². The lowest BCUT2D eigenvalue weighted by Crippen LogP contribution is -1.91. The van der Waals surface area contributed by atoms with E-state index in [0.29, 0.717) is 0 Å². The predicted octanol–water partition coefficient (Wildman–Crippen LogP) is 1.04. The third-order valence-electron chi connectivity index (χ3n) is 1.06. The third-order valence-corrected chi connectivity index (χ3v) is 1.06. The molecule has 0 amide bonds. The summed E-state index contributed by atoms with van der Waals surface area (Å²) < 4.78 is 1.86. The average Bonchev–Trinajstić information content (AvgIpc) is 2.14. The molecule has 2 nitrogen and oxygen atoms in total. The molecule has 0 aliphatic carbocycles. The zero-order valence-corrected chi connectivity index (χ0v) is 4.83. The summed E-state index contributed by atoms with van der Waals surface area (Å²) in [5.74, 6) is 0.972. The summed E-state index contributed by atoms with van der Waals surface area (Å²) >= 11 is 0. The van der Waals surface area contributed by atoms with Crippen LogP contribution in [-0.4, -0.2) is 9.55 Å². The van der Waals surface area contributed by atoms with E-state index in [1.54, 1.807) is 12.7 Å². The summed E-state index contributed by atoms with van der Waals surface area (Å²) in [6.07, 6.45) is 3.61. The summed E-state index contributed by atoms with van der Waals surface area (Å²) in [6.45, 7) is 7.24. The van der Waals surface area contributed by atoms with Crippen LogP contribution in [0.25, 0.3) is 0 Å². The summed E-state index contributed by atoms with van der Waals surface area (Å²) in [7, 11) is 0. The Hall–Kier alpha value is -0.920. The second-order valence-electron chi connectivity index (χ2n) is 1.56. The summed E-state index contributed by atoms with van der Waals surface area (Å²) in [5, 5.41) is 0. The first-order chi connectivity index (χ1) is 3.84. The molecule has 0 bridgehead atoms. The van der Waals surface area contributed by atoms with Gasteiger partial charge in [-0.1, -0.05) is 6.54 Å². The molecular weight excluding hydrogens is 100 g/mol. The zero-order valence-electron chi connectivity index (χ0n) is 4.83. The van der Waals surface area contributed by atoms with E-state index in [4.69, 9.17) is 0 Å². The van der Waals surface area contributed by atoms with Crippen molar-refractivity contribution in [2.75, 3.05) is 0 Å². The van der Waals surface area contributed by atoms with E-state index in [2.05, 4.69) is 11.9 Å². The van der Waals surface area contributed by atoms with Crippen molar-refractivity contribution in [3.05, 3.63) is 31.7 Å². The topological polar surface area (TPSA) is 17.8 Å². The van der Waals surface area contributed by atoms with Crippen LogP contribution in [0.1, 0.15) is 5.82 Å². The summed E-state index contributed by atoms with van der Waals surface area (Å²) in [4.78, 5) is 3.98. The summed E-state index contributed by atoms with van der Waals surface area (Å²) in [6, 6.07) is 0. The van der Waals surface area contributed by atoms with Crippen molar-refractivity contribution in [1.29, 1.82) is 0 Å². The number of aromatic nitrogens is 2. The Bertz CT molecular complexity index is 167. The molecule has 0 spiro atoms. The van der Waals surface area contributed by atoms with E-state index in [-0.39, 0.29) is 0 Å². The smallest absolute Gasteiger partial charge is 0.209 e. The first kappa shape index (κ1) is 5.22. The van der Waals surface area contributed by atoms with Gasteiger partial charge in [0.25, 0.3) is 0 Å². The Balaban J connectivity index is 2.92. The van der Waals surface area contributed by atoms with Crippen LogP contribution in [-0.2, 0) is 0 Å². The van der Waals surface area contributed by atoms with Gasteiger partial charge in [-0.05, 0) is 0 Å². The molecule has 1 aromatic rings. The van der Waals surface area contributed by atoms with Gasteiger partial charge in [-0.3, -0.25) is 0 Å². The fraction of sp³-hybridized carbons (Fsp3) is 0.167. The minimum atomic E-state index is 0.972. The SMILES string of the molecule is [CH2-][CH+]n1ccnc1C. The highest BCUT2D eigenvalue weighted by atomic mass is 15.0. The molecule has 0 atom stereocenters. The highest BCUT2D eigenvalue weighted by molar-refractivity contribution is 4.94. The Labute approximate surface area is 49.2 Å². The standard InChI is InChI=1S/C6H8N2/c1-3-8-5-4-7-6(8)2/h3-5H,1H2,2H3. The first-order valence-corrected chi connectivity index (χ1v) is 2.46. The fourth-order valence-corrected chi connectivity index (χ4v) is 0.581. The van der Waals surface area contributed by atoms with Crippen molar-refractivity contribution in [2.24, 2.45) is 0 Å². The number of aryl methyl sites for hydroxylation is 1. The maximum absolute atomic E-state index is 3.98. The molecule has 0 aliphatic rings. The van der Waals surface area contributed by atoms with Crippen LogP contribution < -0.4 is 0 Å². The van der Waals surface area contributed by atoms with Gasteiger partial charge < -0.3 is 0 Å². The molecule has 0 N–H and O–H groups in total. The van der Waals surface area contributed by atoms with Crippen molar-refractivity contribution < 1.29 is 0 Å². The second-order valence-corrected chi connectivity index (χ2v) is 1.56. The zero-order chi connectivity index (χ0) is 5.98. The Morgan fingerprint density at radius 1 is 1.88 bits per heavy atom. The molecule has 0 aromatic carbocycles. The van der Waals surface area contributed by atoms with Gasteiger partial charge >= 0.3 is 0 Å². The number of nitrogens with zero attached hydrogens (tertiary/aromatic N) is 2. The number of rotatable bonds is 1. The van der Waals surface area contributed by atoms with E-state index in [9.17, 15) is 0 Å². The van der Waals surface area contributed by atoms with Crippen molar-refractivity contribution in [3.8, 4) is 0 Å². The quantitative estimate of drug-likeness (QED) is 0.491. The fourth-order valence-electron chi connectivity index (χ4n) is 0.581. The van der Waals surface area contributed by atoms with Gasteiger partial charge in [0, 0.05) is 6.92 Å². The van der Waals surface area contributed by atoms with Gasteiger partial charge in [-0.15, -0.1) is 0 Å². The maximum Gasteiger partial charge on any atom is 0.209 e. The van der Waals surface area contributed by atoms with Gasteiger partial charge in [-0.2, -0.15) is 9.55 Å². The molecule has 1 aromatic heterocycles. The van der Waals surface area contributed by atoms with Crippen molar-refractivity contribution in [2.45, 2.75) is 6.92 Å². The number of hydrogen-bond acceptors (Lipinski definition) is 1. The van der Waals surface area contributed by atoms with Crippen molar-refractivity contribution in [3.63, 3.8) is 0 Å². The molecule has 1 heterocycles. The lowest BCUT2D eigenvalue weighted by Gasteiger charge is -1.90. The van der Waals surface area contributed by atoms with Crippen LogP contribution in [0.3, 0.4) is 0 Å². The molecule has 0 saturated carbocycles. The highest BCUT2D eigenvalue weighted by Gasteiger charge is 1.96. The van der Waals surface area contributed by atoms with E-state index < -0.39 is 0 Å². The number of imidazole rings is 1. The molecular formula is C6H8N2. The van der Waals surface area contributed by atoms with Gasteiger partial charge in [0.1, 0.15) is 12.4 Å². The van der Waals surface area contributed by atoms with Crippen LogP contribution in [0.5, 0.6) is 0 Å². The Morgan fingerprint density at radius 3 is 2.88 bits per heavy atom. The normalized spacial score (nSPS) is 9.25. The average molecular weight is 108 g/mol. The van der Waals surface area contributed by atoms with E-state index in [1.165, 1.54) is 0 Å².